The highest BCUT2D eigenvalue weighted by Crippen LogP contribution is 2.17. The van der Waals surface area contributed by atoms with Gasteiger partial charge in [-0.05, 0) is 18.3 Å². The number of carbonyl (C=O) groups is 2. The van der Waals surface area contributed by atoms with Crippen molar-refractivity contribution in [3.8, 4) is 0 Å². The lowest BCUT2D eigenvalue weighted by Gasteiger charge is -2.23. The topological polar surface area (TPSA) is 78.4 Å². The number of carbonyl (C=O) groups excluding carboxylic acids is 1. The van der Waals surface area contributed by atoms with Crippen LogP contribution in [0.5, 0.6) is 0 Å². The average Bonchev–Trinajstić information content (AvgIpc) is 2.31. The summed E-state index contributed by atoms with van der Waals surface area (Å²) >= 11 is 0. The van der Waals surface area contributed by atoms with E-state index in [-0.39, 0.29) is 18.0 Å². The normalized spacial score (nSPS) is 12.9. The smallest absolute Gasteiger partial charge is 0.314 e. The molecular formula is C13H26N2O3. The number of urea groups is 1. The van der Waals surface area contributed by atoms with Gasteiger partial charge in [0, 0.05) is 13.1 Å². The van der Waals surface area contributed by atoms with Crippen LogP contribution >= 0.6 is 0 Å². The monoisotopic (exact) mass is 258 g/mol. The summed E-state index contributed by atoms with van der Waals surface area (Å²) in [4.78, 5) is 22.4. The number of hydrogen-bond donors (Lipinski definition) is 3. The van der Waals surface area contributed by atoms with Crippen LogP contribution in [0.4, 0.5) is 4.79 Å². The predicted octanol–water partition coefficient (Wildman–Crippen LogP) is 2.22. The van der Waals surface area contributed by atoms with Crippen LogP contribution in [0.15, 0.2) is 0 Å². The maximum atomic E-state index is 11.5. The first-order chi connectivity index (χ1) is 8.32. The Bertz CT molecular complexity index is 277. The Morgan fingerprint density at radius 3 is 2.28 bits per heavy atom. The molecule has 0 aliphatic carbocycles. The van der Waals surface area contributed by atoms with Crippen LogP contribution in [0.25, 0.3) is 0 Å². The van der Waals surface area contributed by atoms with Crippen molar-refractivity contribution in [2.75, 3.05) is 13.1 Å². The third kappa shape index (κ3) is 7.14. The van der Waals surface area contributed by atoms with Crippen LogP contribution in [0.1, 0.15) is 47.0 Å². The number of carboxylic acids is 1. The van der Waals surface area contributed by atoms with Crippen LogP contribution in [0, 0.1) is 11.3 Å². The molecule has 1 unspecified atom stereocenters. The third-order valence-electron chi connectivity index (χ3n) is 3.18. The summed E-state index contributed by atoms with van der Waals surface area (Å²) in [6.45, 7) is 8.91. The first kappa shape index (κ1) is 16.7. The van der Waals surface area contributed by atoms with Crippen molar-refractivity contribution < 1.29 is 14.7 Å². The lowest BCUT2D eigenvalue weighted by molar-refractivity contribution is -0.141. The van der Waals surface area contributed by atoms with Crippen molar-refractivity contribution in [2.45, 2.75) is 47.0 Å². The van der Waals surface area contributed by atoms with Crippen LogP contribution in [0.2, 0.25) is 0 Å². The van der Waals surface area contributed by atoms with E-state index in [1.54, 1.807) is 0 Å². The fraction of sp³-hybridized carbons (Fsp3) is 0.846. The Hall–Kier alpha value is -1.26. The number of rotatable bonds is 8. The molecule has 18 heavy (non-hydrogen) atoms. The molecule has 0 aliphatic rings. The molecule has 5 nitrogen and oxygen atoms in total. The van der Waals surface area contributed by atoms with Gasteiger partial charge in [-0.3, -0.25) is 4.79 Å². The highest BCUT2D eigenvalue weighted by Gasteiger charge is 2.19. The Morgan fingerprint density at radius 2 is 1.83 bits per heavy atom. The zero-order valence-corrected chi connectivity index (χ0v) is 11.9. The zero-order valence-electron chi connectivity index (χ0n) is 11.9. The van der Waals surface area contributed by atoms with Crippen molar-refractivity contribution in [1.29, 1.82) is 0 Å². The van der Waals surface area contributed by atoms with Gasteiger partial charge in [0.05, 0.1) is 5.92 Å². The molecule has 0 heterocycles. The van der Waals surface area contributed by atoms with Crippen LogP contribution < -0.4 is 10.6 Å². The van der Waals surface area contributed by atoms with Crippen molar-refractivity contribution >= 4 is 12.0 Å². The second-order valence-corrected chi connectivity index (χ2v) is 5.41. The molecule has 3 N–H and O–H groups in total. The van der Waals surface area contributed by atoms with E-state index < -0.39 is 11.9 Å². The molecule has 106 valence electrons. The van der Waals surface area contributed by atoms with Gasteiger partial charge in [-0.2, -0.15) is 0 Å². The maximum Gasteiger partial charge on any atom is 0.314 e. The summed E-state index contributed by atoms with van der Waals surface area (Å²) in [7, 11) is 0. The summed E-state index contributed by atoms with van der Waals surface area (Å²) in [5, 5.41) is 14.3. The Morgan fingerprint density at radius 1 is 1.22 bits per heavy atom. The van der Waals surface area contributed by atoms with E-state index in [1.807, 2.05) is 6.92 Å². The molecular weight excluding hydrogens is 232 g/mol. The number of carboxylic acid groups (broad SMARTS) is 1. The fourth-order valence-electron chi connectivity index (χ4n) is 1.38. The minimum Gasteiger partial charge on any atom is -0.481 e. The molecule has 2 amide bonds. The zero-order chi connectivity index (χ0) is 14.2. The van der Waals surface area contributed by atoms with E-state index in [4.69, 9.17) is 5.11 Å². The van der Waals surface area contributed by atoms with Crippen LogP contribution in [0.3, 0.4) is 0 Å². The molecule has 0 saturated carbocycles. The van der Waals surface area contributed by atoms with Crippen molar-refractivity contribution in [2.24, 2.45) is 11.3 Å². The molecule has 0 aromatic carbocycles. The summed E-state index contributed by atoms with van der Waals surface area (Å²) in [6.07, 6.45) is 2.35. The van der Waals surface area contributed by atoms with Gasteiger partial charge in [0.2, 0.25) is 0 Å². The number of hydrogen-bond acceptors (Lipinski definition) is 2. The van der Waals surface area contributed by atoms with Crippen molar-refractivity contribution in [1.82, 2.24) is 10.6 Å². The Labute approximate surface area is 109 Å². The van der Waals surface area contributed by atoms with E-state index in [1.165, 1.54) is 0 Å². The molecule has 0 bridgehead atoms. The van der Waals surface area contributed by atoms with Crippen LogP contribution in [-0.2, 0) is 4.79 Å². The van der Waals surface area contributed by atoms with Gasteiger partial charge in [-0.25, -0.2) is 4.79 Å². The van der Waals surface area contributed by atoms with E-state index in [0.717, 1.165) is 12.8 Å². The maximum absolute atomic E-state index is 11.5. The second-order valence-electron chi connectivity index (χ2n) is 5.41. The van der Waals surface area contributed by atoms with Crippen molar-refractivity contribution in [3.05, 3.63) is 0 Å². The van der Waals surface area contributed by atoms with Gasteiger partial charge in [0.15, 0.2) is 0 Å². The van der Waals surface area contributed by atoms with Gasteiger partial charge in [0.25, 0.3) is 0 Å². The van der Waals surface area contributed by atoms with Crippen molar-refractivity contribution in [3.63, 3.8) is 0 Å². The second kappa shape index (κ2) is 7.95. The molecule has 5 heteroatoms. The molecule has 0 spiro atoms. The summed E-state index contributed by atoms with van der Waals surface area (Å²) < 4.78 is 0. The van der Waals surface area contributed by atoms with E-state index in [2.05, 4.69) is 31.4 Å². The number of nitrogens with one attached hydrogen (secondary N) is 2. The molecule has 0 saturated heterocycles. The number of amides is 2. The minimum absolute atomic E-state index is 0.0625. The highest BCUT2D eigenvalue weighted by atomic mass is 16.4. The van der Waals surface area contributed by atoms with E-state index in [0.29, 0.717) is 13.0 Å². The summed E-state index contributed by atoms with van der Waals surface area (Å²) in [5.41, 5.74) is 0.0625. The van der Waals surface area contributed by atoms with Gasteiger partial charge >= 0.3 is 12.0 Å². The molecule has 0 rings (SSSR count). The highest BCUT2D eigenvalue weighted by molar-refractivity contribution is 5.75. The minimum atomic E-state index is -0.856. The van der Waals surface area contributed by atoms with Gasteiger partial charge in [-0.15, -0.1) is 0 Å². The summed E-state index contributed by atoms with van der Waals surface area (Å²) in [6, 6.07) is -0.293. The number of aliphatic carboxylic acids is 1. The fourth-order valence-corrected chi connectivity index (χ4v) is 1.38. The largest absolute Gasteiger partial charge is 0.481 e. The first-order valence-corrected chi connectivity index (χ1v) is 6.57. The molecule has 0 radical (unpaired) electrons. The lowest BCUT2D eigenvalue weighted by Crippen LogP contribution is -2.43. The molecule has 0 aliphatic heterocycles. The summed E-state index contributed by atoms with van der Waals surface area (Å²) in [5.74, 6) is -1.36. The van der Waals surface area contributed by atoms with Gasteiger partial charge < -0.3 is 15.7 Å². The Balaban J connectivity index is 3.98. The third-order valence-corrected chi connectivity index (χ3v) is 3.18. The quantitative estimate of drug-likeness (QED) is 0.624. The predicted molar refractivity (Wildman–Crippen MR) is 71.5 cm³/mol. The standard InChI is InChI=1S/C13H26N2O3/c1-5-7-10(11(16)17)8-14-12(18)15-9-13(3,4)6-2/h10H,5-9H2,1-4H3,(H,16,17)(H2,14,15,18). The average molecular weight is 258 g/mol. The molecule has 0 aromatic rings. The van der Waals surface area contributed by atoms with E-state index in [9.17, 15) is 9.59 Å². The van der Waals surface area contributed by atoms with Gasteiger partial charge in [0.1, 0.15) is 0 Å². The van der Waals surface area contributed by atoms with Crippen LogP contribution in [-0.4, -0.2) is 30.2 Å². The SMILES string of the molecule is CCCC(CNC(=O)NCC(C)(C)CC)C(=O)O. The molecule has 1 atom stereocenters. The lowest BCUT2D eigenvalue weighted by atomic mass is 9.90. The first-order valence-electron chi connectivity index (χ1n) is 6.57. The molecule has 0 aromatic heterocycles. The van der Waals surface area contributed by atoms with Gasteiger partial charge in [-0.1, -0.05) is 34.1 Å². The molecule has 0 fully saturated rings. The van der Waals surface area contributed by atoms with E-state index >= 15 is 0 Å². The Kier molecular flexibility index (Phi) is 7.39.